The average Bonchev–Trinajstić information content (AvgIpc) is 2.44. The molecule has 19 heavy (non-hydrogen) atoms. The van der Waals surface area contributed by atoms with E-state index in [-0.39, 0.29) is 11.9 Å². The molecule has 1 aliphatic heterocycles. The Bertz CT molecular complexity index is 385. The Hall–Kier alpha value is -0.620. The largest absolute Gasteiger partial charge is 0.381 e. The molecule has 0 saturated carbocycles. The summed E-state index contributed by atoms with van der Waals surface area (Å²) in [6.07, 6.45) is 3.29. The highest BCUT2D eigenvalue weighted by Crippen LogP contribution is 2.24. The molecule has 1 heterocycles. The van der Waals surface area contributed by atoms with E-state index in [1.54, 1.807) is 23.9 Å². The van der Waals surface area contributed by atoms with Gasteiger partial charge in [-0.25, -0.2) is 4.39 Å². The molecule has 5 heteroatoms. The molecule has 1 atom stereocenters. The molecule has 3 nitrogen and oxygen atoms in total. The van der Waals surface area contributed by atoms with E-state index in [1.165, 1.54) is 6.07 Å². The molecular formula is C14H21FN2OS. The summed E-state index contributed by atoms with van der Waals surface area (Å²) in [6.45, 7) is 1.72. The van der Waals surface area contributed by atoms with Crippen LogP contribution < -0.4 is 11.3 Å². The van der Waals surface area contributed by atoms with Gasteiger partial charge >= 0.3 is 0 Å². The normalized spacial score (nSPS) is 18.4. The van der Waals surface area contributed by atoms with Gasteiger partial charge in [-0.15, -0.1) is 11.8 Å². The average molecular weight is 284 g/mol. The number of hydrazine groups is 1. The minimum Gasteiger partial charge on any atom is -0.381 e. The van der Waals surface area contributed by atoms with E-state index in [1.807, 2.05) is 6.07 Å². The molecule has 1 aromatic carbocycles. The molecule has 106 valence electrons. The van der Waals surface area contributed by atoms with Crippen LogP contribution in [0.4, 0.5) is 4.39 Å². The Balaban J connectivity index is 1.78. The van der Waals surface area contributed by atoms with Crippen LogP contribution in [0.3, 0.4) is 0 Å². The first-order valence-corrected chi connectivity index (χ1v) is 7.68. The van der Waals surface area contributed by atoms with Gasteiger partial charge in [0.05, 0.1) is 0 Å². The predicted molar refractivity (Wildman–Crippen MR) is 76.4 cm³/mol. The number of nitrogens with one attached hydrogen (secondary N) is 1. The molecule has 0 aliphatic carbocycles. The number of thioether (sulfide) groups is 1. The van der Waals surface area contributed by atoms with Gasteiger partial charge in [-0.05, 0) is 43.4 Å². The van der Waals surface area contributed by atoms with Crippen molar-refractivity contribution in [3.63, 3.8) is 0 Å². The van der Waals surface area contributed by atoms with Crippen molar-refractivity contribution in [2.24, 2.45) is 11.8 Å². The predicted octanol–water partition coefficient (Wildman–Crippen LogP) is 2.57. The number of halogens is 1. The smallest absolute Gasteiger partial charge is 0.124 e. The van der Waals surface area contributed by atoms with E-state index in [0.717, 1.165) is 43.1 Å². The van der Waals surface area contributed by atoms with E-state index in [4.69, 9.17) is 10.6 Å². The topological polar surface area (TPSA) is 47.3 Å². The SMILES string of the molecule is NNC(CSc1cccc(F)c1)CC1CCOCC1. The highest BCUT2D eigenvalue weighted by molar-refractivity contribution is 7.99. The van der Waals surface area contributed by atoms with Crippen LogP contribution in [0.2, 0.25) is 0 Å². The van der Waals surface area contributed by atoms with Crippen LogP contribution in [-0.2, 0) is 4.74 Å². The van der Waals surface area contributed by atoms with Crippen molar-refractivity contribution in [2.45, 2.75) is 30.2 Å². The molecule has 3 N–H and O–H groups in total. The van der Waals surface area contributed by atoms with Gasteiger partial charge in [0.15, 0.2) is 0 Å². The highest BCUT2D eigenvalue weighted by Gasteiger charge is 2.18. The lowest BCUT2D eigenvalue weighted by Gasteiger charge is -2.26. The Kier molecular flexibility index (Phi) is 6.10. The molecule has 1 unspecified atom stereocenters. The number of hydrogen-bond donors (Lipinski definition) is 2. The first-order valence-electron chi connectivity index (χ1n) is 6.70. The van der Waals surface area contributed by atoms with Crippen LogP contribution >= 0.6 is 11.8 Å². The number of rotatable bonds is 6. The third-order valence-corrected chi connectivity index (χ3v) is 4.60. The molecular weight excluding hydrogens is 263 g/mol. The maximum atomic E-state index is 13.1. The van der Waals surface area contributed by atoms with Crippen molar-refractivity contribution in [3.05, 3.63) is 30.1 Å². The van der Waals surface area contributed by atoms with Crippen LogP contribution in [-0.4, -0.2) is 25.0 Å². The fourth-order valence-electron chi connectivity index (χ4n) is 2.32. The van der Waals surface area contributed by atoms with E-state index in [9.17, 15) is 4.39 Å². The van der Waals surface area contributed by atoms with Gasteiger partial charge < -0.3 is 4.74 Å². The summed E-state index contributed by atoms with van der Waals surface area (Å²) in [5.41, 5.74) is 2.88. The van der Waals surface area contributed by atoms with Crippen LogP contribution in [0, 0.1) is 11.7 Å². The van der Waals surface area contributed by atoms with Gasteiger partial charge in [0.25, 0.3) is 0 Å². The lowest BCUT2D eigenvalue weighted by atomic mass is 9.93. The van der Waals surface area contributed by atoms with Gasteiger partial charge in [0.1, 0.15) is 5.82 Å². The fraction of sp³-hybridized carbons (Fsp3) is 0.571. The summed E-state index contributed by atoms with van der Waals surface area (Å²) in [5, 5.41) is 0. The zero-order chi connectivity index (χ0) is 13.5. The van der Waals surface area contributed by atoms with Crippen molar-refractivity contribution in [1.29, 1.82) is 0 Å². The minimum absolute atomic E-state index is 0.188. The van der Waals surface area contributed by atoms with E-state index >= 15 is 0 Å². The van der Waals surface area contributed by atoms with E-state index in [2.05, 4.69) is 5.43 Å². The number of nitrogens with two attached hydrogens (primary N) is 1. The summed E-state index contributed by atoms with van der Waals surface area (Å²) in [7, 11) is 0. The zero-order valence-corrected chi connectivity index (χ0v) is 11.8. The maximum absolute atomic E-state index is 13.1. The summed E-state index contributed by atoms with van der Waals surface area (Å²) >= 11 is 1.64. The van der Waals surface area contributed by atoms with Gasteiger partial charge in [0, 0.05) is 29.9 Å². The molecule has 0 bridgehead atoms. The standard InChI is InChI=1S/C14H21FN2OS/c15-12-2-1-3-14(9-12)19-10-13(17-16)8-11-4-6-18-7-5-11/h1-3,9,11,13,17H,4-8,10,16H2. The lowest BCUT2D eigenvalue weighted by molar-refractivity contribution is 0.0613. The highest BCUT2D eigenvalue weighted by atomic mass is 32.2. The Labute approximate surface area is 118 Å². The van der Waals surface area contributed by atoms with Crippen molar-refractivity contribution in [1.82, 2.24) is 5.43 Å². The first kappa shape index (κ1) is 14.8. The maximum Gasteiger partial charge on any atom is 0.124 e. The Morgan fingerprint density at radius 2 is 2.21 bits per heavy atom. The third-order valence-electron chi connectivity index (χ3n) is 3.44. The number of benzene rings is 1. The lowest BCUT2D eigenvalue weighted by Crippen LogP contribution is -2.39. The van der Waals surface area contributed by atoms with E-state index in [0.29, 0.717) is 5.92 Å². The van der Waals surface area contributed by atoms with Gasteiger partial charge in [-0.1, -0.05) is 6.07 Å². The summed E-state index contributed by atoms with van der Waals surface area (Å²) in [4.78, 5) is 0.951. The number of hydrogen-bond acceptors (Lipinski definition) is 4. The Morgan fingerprint density at radius 1 is 1.42 bits per heavy atom. The Morgan fingerprint density at radius 3 is 2.89 bits per heavy atom. The summed E-state index contributed by atoms with van der Waals surface area (Å²) in [5.74, 6) is 6.97. The molecule has 0 amide bonds. The first-order chi connectivity index (χ1) is 9.28. The quantitative estimate of drug-likeness (QED) is 0.479. The second-order valence-corrected chi connectivity index (χ2v) is 6.02. The minimum atomic E-state index is -0.188. The zero-order valence-electron chi connectivity index (χ0n) is 11.0. The molecule has 0 radical (unpaired) electrons. The molecule has 1 aliphatic rings. The summed E-state index contributed by atoms with van der Waals surface area (Å²) in [6, 6.07) is 6.95. The molecule has 2 rings (SSSR count). The molecule has 1 fully saturated rings. The molecule has 0 spiro atoms. The fourth-order valence-corrected chi connectivity index (χ4v) is 3.32. The van der Waals surface area contributed by atoms with E-state index < -0.39 is 0 Å². The van der Waals surface area contributed by atoms with Crippen molar-refractivity contribution < 1.29 is 9.13 Å². The van der Waals surface area contributed by atoms with Crippen LogP contribution in [0.15, 0.2) is 29.2 Å². The monoisotopic (exact) mass is 284 g/mol. The number of ether oxygens (including phenoxy) is 1. The van der Waals surface area contributed by atoms with Crippen molar-refractivity contribution in [2.75, 3.05) is 19.0 Å². The summed E-state index contributed by atoms with van der Waals surface area (Å²) < 4.78 is 18.4. The van der Waals surface area contributed by atoms with Crippen LogP contribution in [0.25, 0.3) is 0 Å². The van der Waals surface area contributed by atoms with Gasteiger partial charge in [0.2, 0.25) is 0 Å². The third kappa shape index (κ3) is 5.10. The van der Waals surface area contributed by atoms with Gasteiger partial charge in [-0.2, -0.15) is 0 Å². The molecule has 0 aromatic heterocycles. The van der Waals surface area contributed by atoms with Crippen molar-refractivity contribution >= 4 is 11.8 Å². The van der Waals surface area contributed by atoms with Crippen LogP contribution in [0.1, 0.15) is 19.3 Å². The second-order valence-electron chi connectivity index (χ2n) is 4.92. The van der Waals surface area contributed by atoms with Crippen LogP contribution in [0.5, 0.6) is 0 Å². The van der Waals surface area contributed by atoms with Crippen molar-refractivity contribution in [3.8, 4) is 0 Å². The second kappa shape index (κ2) is 7.85. The van der Waals surface area contributed by atoms with Gasteiger partial charge in [-0.3, -0.25) is 11.3 Å². The molecule has 1 saturated heterocycles. The molecule has 1 aromatic rings.